The van der Waals surface area contributed by atoms with Gasteiger partial charge in [0.15, 0.2) is 5.69 Å². The van der Waals surface area contributed by atoms with Crippen molar-refractivity contribution in [2.45, 2.75) is 129 Å². The van der Waals surface area contributed by atoms with E-state index < -0.39 is 35.2 Å². The van der Waals surface area contributed by atoms with Crippen LogP contribution in [0.15, 0.2) is 233 Å². The first kappa shape index (κ1) is 84.7. The molecule has 0 aliphatic heterocycles. The minimum absolute atomic E-state index is 0.0308. The summed E-state index contributed by atoms with van der Waals surface area (Å²) >= 11 is 0. The van der Waals surface area contributed by atoms with Gasteiger partial charge in [-0.05, 0) is 214 Å². The molecule has 3 atom stereocenters. The van der Waals surface area contributed by atoms with Gasteiger partial charge >= 0.3 is 0 Å². The monoisotopic (exact) mass is 1600 g/mol. The minimum atomic E-state index is -0.573. The Labute approximate surface area is 682 Å². The number of rotatable bonds is 30. The van der Waals surface area contributed by atoms with Gasteiger partial charge in [-0.1, -0.05) is 111 Å². The topological polar surface area (TPSA) is 327 Å². The number of halogens is 3. The van der Waals surface area contributed by atoms with Gasteiger partial charge in [0.05, 0.1) is 75.9 Å². The van der Waals surface area contributed by atoms with Gasteiger partial charge in [0, 0.05) is 76.1 Å². The number of carbonyl (C=O) groups is 3. The molecule has 24 nitrogen and oxygen atoms in total. The number of anilines is 3. The molecule has 3 unspecified atom stereocenters. The smallest absolute Gasteiger partial charge is 0.274 e. The van der Waals surface area contributed by atoms with Crippen LogP contribution in [0.3, 0.4) is 0 Å². The quantitative estimate of drug-likeness (QED) is 0.0153. The molecule has 3 fully saturated rings. The van der Waals surface area contributed by atoms with E-state index in [1.165, 1.54) is 89.0 Å². The SMILES string of the molecule is Cc1cc(C(=O)Nc2cc(C(CCC3CC3)n3ccccc3=O)ccc2F)n(-c2cccc(CN)c2)n1.Cc1cc(C(=O)Nc2cc(C(CCC3CC3)n3ccccc3=O)ccc2F)n(-c2cccc(CN)c2)n1.NCCNCCN.[C-]#[N+]c1cccc(-n2nc(C)cc2C(=O)Nc2cc(C(CCC3CC3)n3ccccc3=O)ccc2F)c1. The Morgan fingerprint density at radius 2 is 0.746 bits per heavy atom. The number of aromatic nitrogens is 9. The molecule has 0 bridgehead atoms. The molecular formula is C91H99F3N18O6. The third-order valence-electron chi connectivity index (χ3n) is 20.9. The number of nitrogens with two attached hydrogens (primary N) is 4. The van der Waals surface area contributed by atoms with Crippen LogP contribution >= 0.6 is 0 Å². The van der Waals surface area contributed by atoms with Crippen molar-refractivity contribution in [3.05, 3.63) is 341 Å². The molecule has 6 aromatic heterocycles. The number of aryl methyl sites for hydroxylation is 3. The highest BCUT2D eigenvalue weighted by molar-refractivity contribution is 6.05. The molecular weight excluding hydrogens is 1500 g/mol. The van der Waals surface area contributed by atoms with Crippen molar-refractivity contribution in [1.29, 1.82) is 0 Å². The Hall–Kier alpha value is -12.7. The van der Waals surface area contributed by atoms with E-state index in [0.29, 0.717) is 83.8 Å². The third kappa shape index (κ3) is 22.5. The maximum atomic E-state index is 14.9. The van der Waals surface area contributed by atoms with Crippen molar-refractivity contribution in [1.82, 2.24) is 48.4 Å². The van der Waals surface area contributed by atoms with E-state index in [-0.39, 0.29) is 68.9 Å². The summed E-state index contributed by atoms with van der Waals surface area (Å²) in [5, 5.41) is 24.5. The van der Waals surface area contributed by atoms with E-state index in [2.05, 4.69) is 41.4 Å². The Morgan fingerprint density at radius 1 is 0.424 bits per heavy atom. The third-order valence-corrected chi connectivity index (χ3v) is 20.9. The Morgan fingerprint density at radius 3 is 1.04 bits per heavy atom. The van der Waals surface area contributed by atoms with Gasteiger partial charge in [-0.15, -0.1) is 0 Å². The summed E-state index contributed by atoms with van der Waals surface area (Å²) < 4.78 is 54.3. The van der Waals surface area contributed by atoms with Crippen molar-refractivity contribution in [2.24, 2.45) is 40.7 Å². The molecule has 0 radical (unpaired) electrons. The Kier molecular flexibility index (Phi) is 28.9. The molecule has 6 aromatic carbocycles. The van der Waals surface area contributed by atoms with Crippen LogP contribution in [0.1, 0.15) is 172 Å². The summed E-state index contributed by atoms with van der Waals surface area (Å²) in [6.45, 7) is 16.5. The van der Waals surface area contributed by atoms with Gasteiger partial charge in [0.2, 0.25) is 0 Å². The van der Waals surface area contributed by atoms with Crippen molar-refractivity contribution in [3.8, 4) is 17.1 Å². The molecule has 6 heterocycles. The molecule has 15 rings (SSSR count). The molecule has 610 valence electrons. The van der Waals surface area contributed by atoms with E-state index in [1.807, 2.05) is 66.7 Å². The Balaban J connectivity index is 0.000000156. The van der Waals surface area contributed by atoms with Gasteiger partial charge in [-0.2, -0.15) is 15.3 Å². The second-order valence-corrected chi connectivity index (χ2v) is 30.0. The first-order valence-corrected chi connectivity index (χ1v) is 39.9. The minimum Gasteiger partial charge on any atom is -0.329 e. The lowest BCUT2D eigenvalue weighted by molar-refractivity contribution is 0.101. The number of hydrogen-bond acceptors (Lipinski definition) is 14. The fourth-order valence-electron chi connectivity index (χ4n) is 14.2. The number of amides is 3. The van der Waals surface area contributed by atoms with Gasteiger partial charge < -0.3 is 57.9 Å². The van der Waals surface area contributed by atoms with Gasteiger partial charge in [0.25, 0.3) is 34.4 Å². The van der Waals surface area contributed by atoms with Crippen molar-refractivity contribution >= 4 is 40.5 Å². The zero-order valence-corrected chi connectivity index (χ0v) is 66.3. The van der Waals surface area contributed by atoms with Crippen molar-refractivity contribution in [3.63, 3.8) is 0 Å². The van der Waals surface area contributed by atoms with Crippen LogP contribution in [-0.4, -0.2) is 86.9 Å². The summed E-state index contributed by atoms with van der Waals surface area (Å²) in [7, 11) is 0. The van der Waals surface area contributed by atoms with E-state index in [4.69, 9.17) is 29.5 Å². The summed E-state index contributed by atoms with van der Waals surface area (Å²) in [6, 6.07) is 54.9. The van der Waals surface area contributed by atoms with Crippen LogP contribution in [0.4, 0.5) is 35.9 Å². The van der Waals surface area contributed by atoms with E-state index in [1.54, 1.807) is 150 Å². The lowest BCUT2D eigenvalue weighted by Gasteiger charge is -2.21. The zero-order chi connectivity index (χ0) is 83.4. The number of carbonyl (C=O) groups excluding carboxylic acids is 3. The summed E-state index contributed by atoms with van der Waals surface area (Å²) in [6.07, 6.45) is 17.8. The second kappa shape index (κ2) is 40.2. The molecule has 0 spiro atoms. The summed E-state index contributed by atoms with van der Waals surface area (Å²) in [4.78, 5) is 81.3. The van der Waals surface area contributed by atoms with Crippen molar-refractivity contribution in [2.75, 3.05) is 42.1 Å². The van der Waals surface area contributed by atoms with Crippen LogP contribution in [-0.2, 0) is 13.1 Å². The first-order chi connectivity index (χ1) is 57.2. The molecule has 0 saturated heterocycles. The van der Waals surface area contributed by atoms with Crippen LogP contribution < -0.4 is 60.9 Å². The van der Waals surface area contributed by atoms with Crippen LogP contribution in [0.25, 0.3) is 21.9 Å². The highest BCUT2D eigenvalue weighted by atomic mass is 19.1. The van der Waals surface area contributed by atoms with E-state index in [0.717, 1.165) is 79.4 Å². The lowest BCUT2D eigenvalue weighted by Crippen LogP contribution is -2.27. The van der Waals surface area contributed by atoms with Crippen LogP contribution in [0.5, 0.6) is 0 Å². The maximum absolute atomic E-state index is 14.9. The fraction of sp³-hybridized carbons (Fsp3) is 0.297. The summed E-state index contributed by atoms with van der Waals surface area (Å²) in [5.41, 5.74) is 30.8. The predicted octanol–water partition coefficient (Wildman–Crippen LogP) is 14.5. The van der Waals surface area contributed by atoms with E-state index in [9.17, 15) is 41.9 Å². The highest BCUT2D eigenvalue weighted by Gasteiger charge is 2.30. The lowest BCUT2D eigenvalue weighted by atomic mass is 9.99. The molecule has 3 aliphatic carbocycles. The normalized spacial score (nSPS) is 13.6. The second-order valence-electron chi connectivity index (χ2n) is 30.0. The Bertz CT molecular complexity index is 5500. The van der Waals surface area contributed by atoms with Crippen molar-refractivity contribution < 1.29 is 27.6 Å². The zero-order valence-electron chi connectivity index (χ0n) is 66.3. The maximum Gasteiger partial charge on any atom is 0.274 e. The molecule has 3 saturated carbocycles. The van der Waals surface area contributed by atoms with Crippen LogP contribution in [0.2, 0.25) is 0 Å². The summed E-state index contributed by atoms with van der Waals surface area (Å²) in [5.74, 6) is -1.13. The number of pyridine rings is 3. The molecule has 3 aliphatic rings. The van der Waals surface area contributed by atoms with Gasteiger partial charge in [0.1, 0.15) is 34.5 Å². The molecule has 12 N–H and O–H groups in total. The average Bonchev–Trinajstić information content (AvgIpc) is 1.68. The standard InChI is InChI=1S/C29H26FN5O2.2C29H30FN5O2.C4H13N3/c1-19-16-27(35(33-19)23-7-5-6-22(18-23)31-2)29(37)32-25-17-21(12-13-24(25)30)26(14-11-20-9-10-20)34-15-4-3-8-28(34)36;2*1-19-15-27(35(33-19)23-6-4-5-21(16-23)18-31)29(37)32-25-17-22(11-12-24(25)30)26(13-10-20-8-9-20)34-14-3-2-7-28(34)36;5-1-3-7-4-2-6/h3-8,12-13,15-18,20,26H,9-11,14H2,1H3,(H,32,37);2*2-7,11-12,14-17,20,26H,8-10,13,18,31H2,1H3,(H,32,37);7H,1-6H2. The molecule has 3 amide bonds. The fourth-order valence-corrected chi connectivity index (χ4v) is 14.2. The number of nitrogens with one attached hydrogen (secondary N) is 4. The number of nitrogens with zero attached hydrogens (tertiary/aromatic N) is 10. The molecule has 118 heavy (non-hydrogen) atoms. The predicted molar refractivity (Wildman–Crippen MR) is 453 cm³/mol. The van der Waals surface area contributed by atoms with Crippen LogP contribution in [0, 0.1) is 62.5 Å². The average molecular weight is 1600 g/mol. The largest absolute Gasteiger partial charge is 0.329 e. The van der Waals surface area contributed by atoms with E-state index >= 15 is 0 Å². The van der Waals surface area contributed by atoms with Gasteiger partial charge in [-0.3, -0.25) is 28.8 Å². The molecule has 27 heteroatoms. The van der Waals surface area contributed by atoms with Gasteiger partial charge in [-0.25, -0.2) is 32.1 Å². The first-order valence-electron chi connectivity index (χ1n) is 39.9. The highest BCUT2D eigenvalue weighted by Crippen LogP contribution is 2.41. The molecule has 12 aromatic rings. The number of benzene rings is 6. The number of hydrogen-bond donors (Lipinski definition) is 8.